The van der Waals surface area contributed by atoms with Crippen LogP contribution >= 0.6 is 15.9 Å². The Bertz CT molecular complexity index is 641. The van der Waals surface area contributed by atoms with Gasteiger partial charge in [0.05, 0.1) is 11.0 Å². The van der Waals surface area contributed by atoms with Crippen molar-refractivity contribution in [2.45, 2.75) is 26.3 Å². The number of nitro benzene ring substituents is 1. The molecule has 1 unspecified atom stereocenters. The summed E-state index contributed by atoms with van der Waals surface area (Å²) in [6, 6.07) is 13.5. The first-order valence-electron chi connectivity index (χ1n) is 6.78. The highest BCUT2D eigenvalue weighted by Crippen LogP contribution is 2.27. The molecule has 2 aromatic rings. The number of nitrogens with one attached hydrogen (secondary N) is 1. The lowest BCUT2D eigenvalue weighted by Crippen LogP contribution is -2.09. The Morgan fingerprint density at radius 2 is 1.90 bits per heavy atom. The third-order valence-corrected chi connectivity index (χ3v) is 3.94. The molecule has 2 rings (SSSR count). The Morgan fingerprint density at radius 3 is 2.43 bits per heavy atom. The standard InChI is InChI=1S/C16H17BrN2O2/c1-3-15(12-4-6-13(17)7-5-12)18-14-8-9-16(19(20)21)11(2)10-14/h4-10,15,18H,3H2,1-2H3. The molecular formula is C16H17BrN2O2. The highest BCUT2D eigenvalue weighted by Gasteiger charge is 2.13. The van der Waals surface area contributed by atoms with Crippen LogP contribution in [0.2, 0.25) is 0 Å². The normalized spacial score (nSPS) is 12.0. The molecule has 0 amide bonds. The number of nitrogens with zero attached hydrogens (tertiary/aromatic N) is 1. The molecule has 0 spiro atoms. The van der Waals surface area contributed by atoms with E-state index in [1.165, 1.54) is 5.56 Å². The molecule has 0 aromatic heterocycles. The van der Waals surface area contributed by atoms with Crippen LogP contribution in [0, 0.1) is 17.0 Å². The molecule has 21 heavy (non-hydrogen) atoms. The number of hydrogen-bond donors (Lipinski definition) is 1. The zero-order valence-corrected chi connectivity index (χ0v) is 13.6. The topological polar surface area (TPSA) is 55.2 Å². The molecule has 0 aliphatic carbocycles. The summed E-state index contributed by atoms with van der Waals surface area (Å²) in [4.78, 5) is 10.5. The molecule has 0 heterocycles. The quantitative estimate of drug-likeness (QED) is 0.594. The van der Waals surface area contributed by atoms with E-state index >= 15 is 0 Å². The van der Waals surface area contributed by atoms with E-state index < -0.39 is 0 Å². The molecule has 0 aliphatic rings. The zero-order valence-electron chi connectivity index (χ0n) is 12.0. The van der Waals surface area contributed by atoms with E-state index in [9.17, 15) is 10.1 Å². The van der Waals surface area contributed by atoms with Crippen LogP contribution in [0.3, 0.4) is 0 Å². The highest BCUT2D eigenvalue weighted by atomic mass is 79.9. The Labute approximate surface area is 132 Å². The molecule has 1 atom stereocenters. The molecule has 0 saturated heterocycles. The second-order valence-corrected chi connectivity index (χ2v) is 5.83. The minimum Gasteiger partial charge on any atom is -0.378 e. The molecule has 0 radical (unpaired) electrons. The maximum Gasteiger partial charge on any atom is 0.272 e. The Morgan fingerprint density at radius 1 is 1.24 bits per heavy atom. The number of halogens is 1. The number of aryl methyl sites for hydroxylation is 1. The lowest BCUT2D eigenvalue weighted by molar-refractivity contribution is -0.385. The Kier molecular flexibility index (Phi) is 4.96. The van der Waals surface area contributed by atoms with Gasteiger partial charge in [-0.25, -0.2) is 0 Å². The molecule has 0 aliphatic heterocycles. The fourth-order valence-electron chi connectivity index (χ4n) is 2.27. The van der Waals surface area contributed by atoms with Gasteiger partial charge in [0.2, 0.25) is 0 Å². The Balaban J connectivity index is 2.20. The van der Waals surface area contributed by atoms with Gasteiger partial charge in [-0.05, 0) is 43.2 Å². The summed E-state index contributed by atoms with van der Waals surface area (Å²) in [5.74, 6) is 0. The van der Waals surface area contributed by atoms with Gasteiger partial charge in [0.25, 0.3) is 5.69 Å². The average Bonchev–Trinajstić information content (AvgIpc) is 2.45. The average molecular weight is 349 g/mol. The van der Waals surface area contributed by atoms with E-state index in [1.807, 2.05) is 18.2 Å². The summed E-state index contributed by atoms with van der Waals surface area (Å²) < 4.78 is 1.05. The largest absolute Gasteiger partial charge is 0.378 e. The fraction of sp³-hybridized carbons (Fsp3) is 0.250. The molecular weight excluding hydrogens is 332 g/mol. The maximum atomic E-state index is 10.8. The van der Waals surface area contributed by atoms with Crippen molar-refractivity contribution in [1.82, 2.24) is 0 Å². The first kappa shape index (κ1) is 15.5. The van der Waals surface area contributed by atoms with Crippen LogP contribution in [0.1, 0.15) is 30.5 Å². The van der Waals surface area contributed by atoms with E-state index in [2.05, 4.69) is 40.3 Å². The molecule has 5 heteroatoms. The van der Waals surface area contributed by atoms with Crippen molar-refractivity contribution >= 4 is 27.3 Å². The number of nitro groups is 1. The van der Waals surface area contributed by atoms with E-state index in [1.54, 1.807) is 19.1 Å². The Hall–Kier alpha value is -1.88. The van der Waals surface area contributed by atoms with Crippen molar-refractivity contribution in [1.29, 1.82) is 0 Å². The van der Waals surface area contributed by atoms with Crippen molar-refractivity contribution in [3.05, 3.63) is 68.2 Å². The minimum atomic E-state index is -0.356. The van der Waals surface area contributed by atoms with Crippen LogP contribution in [-0.2, 0) is 0 Å². The monoisotopic (exact) mass is 348 g/mol. The van der Waals surface area contributed by atoms with Crippen LogP contribution in [-0.4, -0.2) is 4.92 Å². The number of benzene rings is 2. The highest BCUT2D eigenvalue weighted by molar-refractivity contribution is 9.10. The predicted octanol–water partition coefficient (Wildman–Crippen LogP) is 5.23. The lowest BCUT2D eigenvalue weighted by Gasteiger charge is -2.19. The first-order chi connectivity index (χ1) is 10.0. The molecule has 0 fully saturated rings. The molecule has 1 N–H and O–H groups in total. The SMILES string of the molecule is CCC(Nc1ccc([N+](=O)[O-])c(C)c1)c1ccc(Br)cc1. The third-order valence-electron chi connectivity index (χ3n) is 3.42. The molecule has 0 saturated carbocycles. The summed E-state index contributed by atoms with van der Waals surface area (Å²) in [5.41, 5.74) is 2.90. The fourth-order valence-corrected chi connectivity index (χ4v) is 2.53. The van der Waals surface area contributed by atoms with Crippen LogP contribution < -0.4 is 5.32 Å². The number of hydrogen-bond acceptors (Lipinski definition) is 3. The summed E-state index contributed by atoms with van der Waals surface area (Å²) >= 11 is 3.43. The predicted molar refractivity (Wildman–Crippen MR) is 88.6 cm³/mol. The van der Waals surface area contributed by atoms with Gasteiger partial charge in [-0.2, -0.15) is 0 Å². The van der Waals surface area contributed by atoms with E-state index in [0.717, 1.165) is 16.6 Å². The second-order valence-electron chi connectivity index (χ2n) is 4.92. The lowest BCUT2D eigenvalue weighted by atomic mass is 10.0. The summed E-state index contributed by atoms with van der Waals surface area (Å²) in [7, 11) is 0. The van der Waals surface area contributed by atoms with Gasteiger partial charge >= 0.3 is 0 Å². The van der Waals surface area contributed by atoms with Gasteiger partial charge in [-0.1, -0.05) is 35.0 Å². The summed E-state index contributed by atoms with van der Waals surface area (Å²) in [6.07, 6.45) is 0.928. The molecule has 0 bridgehead atoms. The van der Waals surface area contributed by atoms with Crippen LogP contribution in [0.25, 0.3) is 0 Å². The van der Waals surface area contributed by atoms with E-state index in [-0.39, 0.29) is 16.7 Å². The van der Waals surface area contributed by atoms with Gasteiger partial charge < -0.3 is 5.32 Å². The van der Waals surface area contributed by atoms with Crippen LogP contribution in [0.4, 0.5) is 11.4 Å². The number of rotatable bonds is 5. The van der Waals surface area contributed by atoms with Gasteiger partial charge in [0.15, 0.2) is 0 Å². The number of anilines is 1. The van der Waals surface area contributed by atoms with E-state index in [0.29, 0.717) is 5.56 Å². The summed E-state index contributed by atoms with van der Waals surface area (Å²) in [5, 5.41) is 14.3. The first-order valence-corrected chi connectivity index (χ1v) is 7.57. The van der Waals surface area contributed by atoms with Gasteiger partial charge in [0.1, 0.15) is 0 Å². The summed E-state index contributed by atoms with van der Waals surface area (Å²) in [6.45, 7) is 3.86. The van der Waals surface area contributed by atoms with Crippen molar-refractivity contribution < 1.29 is 4.92 Å². The molecule has 110 valence electrons. The smallest absolute Gasteiger partial charge is 0.272 e. The third kappa shape index (κ3) is 3.82. The van der Waals surface area contributed by atoms with Crippen molar-refractivity contribution in [2.75, 3.05) is 5.32 Å². The van der Waals surface area contributed by atoms with Crippen molar-refractivity contribution in [2.24, 2.45) is 0 Å². The second kappa shape index (κ2) is 6.72. The molecule has 2 aromatic carbocycles. The maximum absolute atomic E-state index is 10.8. The van der Waals surface area contributed by atoms with Gasteiger partial charge in [-0.15, -0.1) is 0 Å². The minimum absolute atomic E-state index is 0.150. The van der Waals surface area contributed by atoms with Crippen molar-refractivity contribution in [3.63, 3.8) is 0 Å². The van der Waals surface area contributed by atoms with Crippen LogP contribution in [0.5, 0.6) is 0 Å². The zero-order chi connectivity index (χ0) is 15.4. The van der Waals surface area contributed by atoms with Gasteiger partial charge in [-0.3, -0.25) is 10.1 Å². The van der Waals surface area contributed by atoms with Gasteiger partial charge in [0, 0.05) is 21.8 Å². The molecule has 4 nitrogen and oxygen atoms in total. The van der Waals surface area contributed by atoms with Crippen molar-refractivity contribution in [3.8, 4) is 0 Å². The van der Waals surface area contributed by atoms with E-state index in [4.69, 9.17) is 0 Å². The van der Waals surface area contributed by atoms with Crippen LogP contribution in [0.15, 0.2) is 46.9 Å².